The van der Waals surface area contributed by atoms with Gasteiger partial charge in [-0.15, -0.1) is 0 Å². The molecular weight excluding hydrogens is 498 g/mol. The van der Waals surface area contributed by atoms with E-state index in [4.69, 9.17) is 5.10 Å². The Labute approximate surface area is 221 Å². The fraction of sp³-hybridized carbons (Fsp3) is 0.172. The van der Waals surface area contributed by atoms with Crippen LogP contribution in [0.2, 0.25) is 0 Å². The van der Waals surface area contributed by atoms with Gasteiger partial charge in [-0.2, -0.15) is 10.2 Å². The molecule has 6 heterocycles. The van der Waals surface area contributed by atoms with Gasteiger partial charge in [0.2, 0.25) is 0 Å². The van der Waals surface area contributed by atoms with E-state index in [1.807, 2.05) is 35.2 Å². The molecule has 10 heteroatoms. The summed E-state index contributed by atoms with van der Waals surface area (Å²) in [6.45, 7) is 1.47. The van der Waals surface area contributed by atoms with Crippen LogP contribution in [0.5, 0.6) is 0 Å². The number of hydrogen-bond donors (Lipinski definition) is 2. The highest BCUT2D eigenvalue weighted by atomic mass is 19.1. The lowest BCUT2D eigenvalue weighted by molar-refractivity contribution is 0.554. The number of H-pyrrole nitrogens is 1. The van der Waals surface area contributed by atoms with Crippen LogP contribution in [0.4, 0.5) is 14.5 Å². The molecule has 8 rings (SSSR count). The monoisotopic (exact) mass is 520 g/mol. The lowest BCUT2D eigenvalue weighted by Gasteiger charge is -2.30. The van der Waals surface area contributed by atoms with Crippen molar-refractivity contribution < 1.29 is 8.78 Å². The Bertz CT molecular complexity index is 1880. The highest BCUT2D eigenvalue weighted by molar-refractivity contribution is 6.02. The number of rotatable bonds is 4. The predicted molar refractivity (Wildman–Crippen MR) is 144 cm³/mol. The minimum absolute atomic E-state index is 0.128. The second kappa shape index (κ2) is 8.40. The average molecular weight is 521 g/mol. The van der Waals surface area contributed by atoms with Gasteiger partial charge in [-0.05, 0) is 42.3 Å². The first kappa shape index (κ1) is 22.3. The molecule has 0 amide bonds. The lowest BCUT2D eigenvalue weighted by Crippen LogP contribution is -2.44. The quantitative estimate of drug-likeness (QED) is 0.346. The third kappa shape index (κ3) is 3.38. The molecule has 2 saturated heterocycles. The first-order valence-corrected chi connectivity index (χ1v) is 12.9. The molecule has 8 nitrogen and oxygen atoms in total. The fourth-order valence-corrected chi connectivity index (χ4v) is 6.10. The molecule has 6 aromatic rings. The van der Waals surface area contributed by atoms with Gasteiger partial charge in [-0.1, -0.05) is 12.1 Å². The van der Waals surface area contributed by atoms with Gasteiger partial charge in [0.25, 0.3) is 0 Å². The molecule has 0 saturated carbocycles. The molecule has 2 bridgehead atoms. The van der Waals surface area contributed by atoms with E-state index in [2.05, 4.69) is 25.5 Å². The number of fused-ring (bicyclic) bond motifs is 4. The third-order valence-electron chi connectivity index (χ3n) is 7.90. The van der Waals surface area contributed by atoms with Gasteiger partial charge < -0.3 is 10.2 Å². The number of nitrogens with one attached hydrogen (secondary N) is 2. The topological polar surface area (TPSA) is 87.0 Å². The van der Waals surface area contributed by atoms with E-state index < -0.39 is 11.6 Å². The number of piperazine rings is 1. The molecule has 2 aromatic carbocycles. The third-order valence-corrected chi connectivity index (χ3v) is 7.90. The number of halogens is 2. The number of benzene rings is 2. The minimum Gasteiger partial charge on any atom is -0.363 e. The Morgan fingerprint density at radius 2 is 1.85 bits per heavy atom. The standard InChI is InChI=1S/C29H22F2N8/c30-22-12-26(38-15-17-10-18(38)13-34-17)23(31)11-20(22)25-6-9-33-29-27(19-2-1-3-24-21(19)14-35-36-24)28(37-39(25)29)16-4-7-32-8-5-16/h1-9,11-12,14,17-18,34H,10,13,15H2,(H,35,36)/t17-,18-/m0/s1. The van der Waals surface area contributed by atoms with Crippen molar-refractivity contribution in [3.63, 3.8) is 0 Å². The maximum absolute atomic E-state index is 15.8. The molecule has 0 radical (unpaired) electrons. The molecule has 0 spiro atoms. The Hall–Kier alpha value is -4.70. The molecule has 192 valence electrons. The molecule has 2 aliphatic heterocycles. The van der Waals surface area contributed by atoms with E-state index in [1.54, 1.807) is 35.4 Å². The summed E-state index contributed by atoms with van der Waals surface area (Å²) in [4.78, 5) is 10.8. The second-order valence-corrected chi connectivity index (χ2v) is 10.1. The highest BCUT2D eigenvalue weighted by Crippen LogP contribution is 2.40. The molecule has 0 unspecified atom stereocenters. The summed E-state index contributed by atoms with van der Waals surface area (Å²) in [5.41, 5.74) is 5.39. The van der Waals surface area contributed by atoms with Crippen molar-refractivity contribution in [1.82, 2.24) is 35.1 Å². The maximum atomic E-state index is 15.8. The molecule has 2 atom stereocenters. The summed E-state index contributed by atoms with van der Waals surface area (Å²) in [7, 11) is 0. The Balaban J connectivity index is 1.35. The van der Waals surface area contributed by atoms with Crippen LogP contribution >= 0.6 is 0 Å². The van der Waals surface area contributed by atoms with E-state index >= 15 is 8.78 Å². The summed E-state index contributed by atoms with van der Waals surface area (Å²) in [5.74, 6) is -0.956. The number of aromatic amines is 1. The molecule has 39 heavy (non-hydrogen) atoms. The Kier molecular flexibility index (Phi) is 4.80. The molecular formula is C29H22F2N8. The van der Waals surface area contributed by atoms with Gasteiger partial charge in [0.15, 0.2) is 5.65 Å². The van der Waals surface area contributed by atoms with Crippen LogP contribution in [0, 0.1) is 11.6 Å². The van der Waals surface area contributed by atoms with Crippen LogP contribution < -0.4 is 10.2 Å². The summed E-state index contributed by atoms with van der Waals surface area (Å²) in [6, 6.07) is 14.4. The van der Waals surface area contributed by atoms with Crippen LogP contribution in [0.25, 0.3) is 50.2 Å². The smallest absolute Gasteiger partial charge is 0.164 e. The summed E-state index contributed by atoms with van der Waals surface area (Å²) < 4.78 is 32.9. The summed E-state index contributed by atoms with van der Waals surface area (Å²) in [6.07, 6.45) is 7.72. The van der Waals surface area contributed by atoms with Crippen molar-refractivity contribution in [2.45, 2.75) is 18.5 Å². The van der Waals surface area contributed by atoms with Crippen LogP contribution in [0.1, 0.15) is 6.42 Å². The number of pyridine rings is 1. The first-order chi connectivity index (χ1) is 19.2. The predicted octanol–water partition coefficient (Wildman–Crippen LogP) is 4.83. The van der Waals surface area contributed by atoms with Crippen LogP contribution in [0.15, 0.2) is 73.3 Å². The van der Waals surface area contributed by atoms with Gasteiger partial charge in [0.05, 0.1) is 28.7 Å². The SMILES string of the molecule is Fc1cc(N2C[C@@H]3C[C@H]2CN3)c(F)cc1-c1ccnc2c(-c3cccc4[nH]ncc34)c(-c3ccncc3)nn12. The fourth-order valence-electron chi connectivity index (χ4n) is 6.10. The van der Waals surface area contributed by atoms with E-state index in [-0.39, 0.29) is 11.6 Å². The number of anilines is 1. The van der Waals surface area contributed by atoms with E-state index in [9.17, 15) is 0 Å². The van der Waals surface area contributed by atoms with E-state index in [0.717, 1.165) is 40.6 Å². The number of hydrogen-bond acceptors (Lipinski definition) is 6. The second-order valence-electron chi connectivity index (χ2n) is 10.1. The van der Waals surface area contributed by atoms with Gasteiger partial charge in [-0.25, -0.2) is 18.3 Å². The number of aromatic nitrogens is 6. The molecule has 0 aliphatic carbocycles. The zero-order chi connectivity index (χ0) is 26.1. The van der Waals surface area contributed by atoms with Gasteiger partial charge in [-0.3, -0.25) is 10.1 Å². The molecule has 2 fully saturated rings. The molecule has 2 N–H and O–H groups in total. The Morgan fingerprint density at radius 3 is 2.67 bits per heavy atom. The number of nitrogens with zero attached hydrogens (tertiary/aromatic N) is 6. The average Bonchev–Trinajstić information content (AvgIpc) is 3.77. The minimum atomic E-state index is -0.505. The van der Waals surface area contributed by atoms with Crippen LogP contribution in [-0.2, 0) is 0 Å². The van der Waals surface area contributed by atoms with Crippen molar-refractivity contribution in [3.8, 4) is 33.6 Å². The Morgan fingerprint density at radius 1 is 0.949 bits per heavy atom. The van der Waals surface area contributed by atoms with Gasteiger partial charge in [0.1, 0.15) is 17.3 Å². The summed E-state index contributed by atoms with van der Waals surface area (Å²) >= 11 is 0. The van der Waals surface area contributed by atoms with Crippen LogP contribution in [-0.4, -0.2) is 55.0 Å². The van der Waals surface area contributed by atoms with Crippen LogP contribution in [0.3, 0.4) is 0 Å². The van der Waals surface area contributed by atoms with Gasteiger partial charge >= 0.3 is 0 Å². The lowest BCUT2D eigenvalue weighted by atomic mass is 9.99. The molecule has 2 aliphatic rings. The van der Waals surface area contributed by atoms with Crippen molar-refractivity contribution in [2.75, 3.05) is 18.0 Å². The van der Waals surface area contributed by atoms with E-state index in [0.29, 0.717) is 35.3 Å². The van der Waals surface area contributed by atoms with Crippen molar-refractivity contribution in [3.05, 3.63) is 85.0 Å². The van der Waals surface area contributed by atoms with Crippen molar-refractivity contribution >= 4 is 22.2 Å². The largest absolute Gasteiger partial charge is 0.363 e. The molecule has 4 aromatic heterocycles. The van der Waals surface area contributed by atoms with E-state index in [1.165, 1.54) is 12.1 Å². The first-order valence-electron chi connectivity index (χ1n) is 12.9. The zero-order valence-electron chi connectivity index (χ0n) is 20.6. The highest BCUT2D eigenvalue weighted by Gasteiger charge is 2.39. The van der Waals surface area contributed by atoms with Crippen molar-refractivity contribution in [1.29, 1.82) is 0 Å². The van der Waals surface area contributed by atoms with Gasteiger partial charge in [0, 0.05) is 66.3 Å². The zero-order valence-corrected chi connectivity index (χ0v) is 20.6. The normalized spacial score (nSPS) is 18.6. The maximum Gasteiger partial charge on any atom is 0.164 e. The summed E-state index contributed by atoms with van der Waals surface area (Å²) in [5, 5.41) is 16.5. The van der Waals surface area contributed by atoms with Crippen molar-refractivity contribution in [2.24, 2.45) is 0 Å².